The average Bonchev–Trinajstić information content (AvgIpc) is 2.12. The van der Waals surface area contributed by atoms with E-state index in [1.807, 2.05) is 25.1 Å². The van der Waals surface area contributed by atoms with Crippen LogP contribution < -0.4 is 5.32 Å². The molecule has 1 amide bonds. The number of rotatable bonds is 3. The lowest BCUT2D eigenvalue weighted by molar-refractivity contribution is -0.127. The van der Waals surface area contributed by atoms with E-state index in [1.54, 1.807) is 0 Å². The zero-order chi connectivity index (χ0) is 10.7. The lowest BCUT2D eigenvalue weighted by Crippen LogP contribution is -2.34. The summed E-state index contributed by atoms with van der Waals surface area (Å²) in [6.45, 7) is 2.51. The molecule has 0 bridgehead atoms. The topological polar surface area (TPSA) is 42.0 Å². The first-order chi connectivity index (χ1) is 7.25. The summed E-state index contributed by atoms with van der Waals surface area (Å²) in [7, 11) is 0. The van der Waals surface area contributed by atoms with Crippen molar-refractivity contribution in [2.75, 3.05) is 0 Å². The molecule has 0 saturated heterocycles. The molecule has 15 heavy (non-hydrogen) atoms. The lowest BCUT2D eigenvalue weighted by atomic mass is 9.85. The number of carbonyl (C=O) groups is 1. The van der Waals surface area contributed by atoms with Crippen LogP contribution in [0.3, 0.4) is 0 Å². The summed E-state index contributed by atoms with van der Waals surface area (Å²) in [5.41, 5.74) is 1.92. The predicted molar refractivity (Wildman–Crippen MR) is 58.2 cm³/mol. The Labute approximate surface area is 89.9 Å². The van der Waals surface area contributed by atoms with E-state index in [-0.39, 0.29) is 11.8 Å². The van der Waals surface area contributed by atoms with Gasteiger partial charge in [0.2, 0.25) is 5.91 Å². The van der Waals surface area contributed by atoms with Crippen LogP contribution >= 0.6 is 0 Å². The Morgan fingerprint density at radius 2 is 2.33 bits per heavy atom. The number of carbonyl (C=O) groups excluding carboxylic acids is 1. The van der Waals surface area contributed by atoms with Gasteiger partial charge in [0.25, 0.3) is 0 Å². The molecular weight excluding hydrogens is 188 g/mol. The Balaban J connectivity index is 1.84. The minimum atomic E-state index is 0.185. The Hall–Kier alpha value is -1.38. The molecule has 1 aromatic heterocycles. The molecule has 1 heterocycles. The molecule has 1 N–H and O–H groups in total. The van der Waals surface area contributed by atoms with Crippen LogP contribution in [0.5, 0.6) is 0 Å². The van der Waals surface area contributed by atoms with Crippen LogP contribution in [0.4, 0.5) is 0 Å². The van der Waals surface area contributed by atoms with Gasteiger partial charge in [-0.05, 0) is 31.9 Å². The fraction of sp³-hybridized carbons (Fsp3) is 0.500. The van der Waals surface area contributed by atoms with E-state index in [0.717, 1.165) is 24.2 Å². The first-order valence-electron chi connectivity index (χ1n) is 5.46. The first kappa shape index (κ1) is 10.1. The van der Waals surface area contributed by atoms with Crippen molar-refractivity contribution >= 4 is 5.91 Å². The number of aromatic nitrogens is 1. The zero-order valence-electron chi connectivity index (χ0n) is 8.99. The van der Waals surface area contributed by atoms with Crippen molar-refractivity contribution in [3.05, 3.63) is 29.6 Å². The Morgan fingerprint density at radius 1 is 1.53 bits per heavy atom. The largest absolute Gasteiger partial charge is 0.350 e. The van der Waals surface area contributed by atoms with Crippen LogP contribution in [0.25, 0.3) is 0 Å². The fourth-order valence-corrected chi connectivity index (χ4v) is 1.69. The standard InChI is InChI=1S/C12H16N2O/c1-9-4-2-7-11(14-9)8-13-12(15)10-5-3-6-10/h2,4,7,10H,3,5-6,8H2,1H3,(H,13,15). The van der Waals surface area contributed by atoms with Gasteiger partial charge in [0.1, 0.15) is 0 Å². The van der Waals surface area contributed by atoms with E-state index in [9.17, 15) is 4.79 Å². The number of nitrogens with one attached hydrogen (secondary N) is 1. The molecule has 80 valence electrons. The van der Waals surface area contributed by atoms with Crippen LogP contribution in [0, 0.1) is 12.8 Å². The van der Waals surface area contributed by atoms with Gasteiger partial charge >= 0.3 is 0 Å². The number of pyridine rings is 1. The molecule has 0 aromatic carbocycles. The quantitative estimate of drug-likeness (QED) is 0.815. The first-order valence-corrected chi connectivity index (χ1v) is 5.46. The van der Waals surface area contributed by atoms with Gasteiger partial charge in [-0.1, -0.05) is 12.5 Å². The van der Waals surface area contributed by atoms with Crippen molar-refractivity contribution in [3.63, 3.8) is 0 Å². The summed E-state index contributed by atoms with van der Waals surface area (Å²) in [4.78, 5) is 15.9. The molecule has 2 rings (SSSR count). The van der Waals surface area contributed by atoms with Crippen LogP contribution in [0.2, 0.25) is 0 Å². The number of aryl methyl sites for hydroxylation is 1. The van der Waals surface area contributed by atoms with Gasteiger partial charge < -0.3 is 5.32 Å². The molecule has 1 fully saturated rings. The van der Waals surface area contributed by atoms with Gasteiger partial charge in [-0.25, -0.2) is 0 Å². The molecule has 0 aliphatic heterocycles. The Kier molecular flexibility index (Phi) is 2.99. The van der Waals surface area contributed by atoms with E-state index in [0.29, 0.717) is 6.54 Å². The highest BCUT2D eigenvalue weighted by Crippen LogP contribution is 2.26. The van der Waals surface area contributed by atoms with Gasteiger partial charge in [-0.2, -0.15) is 0 Å². The van der Waals surface area contributed by atoms with Gasteiger partial charge in [-0.3, -0.25) is 9.78 Å². The monoisotopic (exact) mass is 204 g/mol. The molecule has 1 aromatic rings. The van der Waals surface area contributed by atoms with Crippen LogP contribution in [-0.2, 0) is 11.3 Å². The summed E-state index contributed by atoms with van der Waals surface area (Å²) in [6.07, 6.45) is 3.29. The molecule has 3 heteroatoms. The van der Waals surface area contributed by atoms with Gasteiger partial charge in [0.15, 0.2) is 0 Å². The summed E-state index contributed by atoms with van der Waals surface area (Å²) in [6, 6.07) is 5.86. The van der Waals surface area contributed by atoms with Crippen molar-refractivity contribution in [1.82, 2.24) is 10.3 Å². The van der Waals surface area contributed by atoms with E-state index in [1.165, 1.54) is 6.42 Å². The van der Waals surface area contributed by atoms with Crippen LogP contribution in [0.1, 0.15) is 30.7 Å². The predicted octanol–water partition coefficient (Wildman–Crippen LogP) is 1.81. The van der Waals surface area contributed by atoms with E-state index >= 15 is 0 Å². The fourth-order valence-electron chi connectivity index (χ4n) is 1.69. The summed E-state index contributed by atoms with van der Waals surface area (Å²) >= 11 is 0. The molecule has 3 nitrogen and oxygen atoms in total. The number of hydrogen-bond acceptors (Lipinski definition) is 2. The van der Waals surface area contributed by atoms with Crippen LogP contribution in [-0.4, -0.2) is 10.9 Å². The summed E-state index contributed by atoms with van der Waals surface area (Å²) in [5, 5.41) is 2.93. The second kappa shape index (κ2) is 4.43. The minimum Gasteiger partial charge on any atom is -0.350 e. The molecule has 0 atom stereocenters. The lowest BCUT2D eigenvalue weighted by Gasteiger charge is -2.23. The maximum atomic E-state index is 11.5. The molecule has 0 unspecified atom stereocenters. The summed E-state index contributed by atoms with van der Waals surface area (Å²) < 4.78 is 0. The highest BCUT2D eigenvalue weighted by molar-refractivity contribution is 5.79. The van der Waals surface area contributed by atoms with Crippen molar-refractivity contribution in [3.8, 4) is 0 Å². The van der Waals surface area contributed by atoms with Gasteiger partial charge in [-0.15, -0.1) is 0 Å². The van der Waals surface area contributed by atoms with Crippen molar-refractivity contribution in [2.45, 2.75) is 32.7 Å². The van der Waals surface area contributed by atoms with E-state index in [2.05, 4.69) is 10.3 Å². The second-order valence-electron chi connectivity index (χ2n) is 4.12. The molecule has 0 radical (unpaired) electrons. The molecule has 1 aliphatic rings. The SMILES string of the molecule is Cc1cccc(CNC(=O)C2CCC2)n1. The Bertz CT molecular complexity index is 358. The van der Waals surface area contributed by atoms with Gasteiger partial charge in [0.05, 0.1) is 12.2 Å². The highest BCUT2D eigenvalue weighted by atomic mass is 16.1. The second-order valence-corrected chi connectivity index (χ2v) is 4.12. The van der Waals surface area contributed by atoms with E-state index < -0.39 is 0 Å². The van der Waals surface area contributed by atoms with E-state index in [4.69, 9.17) is 0 Å². The van der Waals surface area contributed by atoms with Crippen LogP contribution in [0.15, 0.2) is 18.2 Å². The maximum Gasteiger partial charge on any atom is 0.223 e. The third-order valence-corrected chi connectivity index (χ3v) is 2.87. The summed E-state index contributed by atoms with van der Waals surface area (Å²) in [5.74, 6) is 0.444. The smallest absolute Gasteiger partial charge is 0.223 e. The third kappa shape index (κ3) is 2.55. The number of amides is 1. The maximum absolute atomic E-state index is 11.5. The molecule has 0 spiro atoms. The third-order valence-electron chi connectivity index (χ3n) is 2.87. The van der Waals surface area contributed by atoms with Gasteiger partial charge in [0, 0.05) is 11.6 Å². The molecular formula is C12H16N2O. The molecule has 1 aliphatic carbocycles. The normalized spacial score (nSPS) is 15.8. The average molecular weight is 204 g/mol. The van der Waals surface area contributed by atoms with Crippen molar-refractivity contribution in [1.29, 1.82) is 0 Å². The minimum absolute atomic E-state index is 0.185. The number of nitrogens with zero attached hydrogens (tertiary/aromatic N) is 1. The van der Waals surface area contributed by atoms with Crippen molar-refractivity contribution < 1.29 is 4.79 Å². The van der Waals surface area contributed by atoms with Crippen molar-refractivity contribution in [2.24, 2.45) is 5.92 Å². The Morgan fingerprint density at radius 3 is 2.93 bits per heavy atom. The highest BCUT2D eigenvalue weighted by Gasteiger charge is 2.24. The number of hydrogen-bond donors (Lipinski definition) is 1. The zero-order valence-corrected chi connectivity index (χ0v) is 8.99. The molecule has 1 saturated carbocycles.